The first kappa shape index (κ1) is 15.2. The lowest BCUT2D eigenvalue weighted by molar-refractivity contribution is 0.125. The van der Waals surface area contributed by atoms with Crippen LogP contribution in [0.5, 0.6) is 0 Å². The maximum Gasteiger partial charge on any atom is 0.0590 e. The lowest BCUT2D eigenvalue weighted by Gasteiger charge is -2.08. The van der Waals surface area contributed by atoms with Crippen LogP contribution in [0.25, 0.3) is 0 Å². The molecule has 0 radical (unpaired) electrons. The summed E-state index contributed by atoms with van der Waals surface area (Å²) in [7, 11) is 0. The van der Waals surface area contributed by atoms with E-state index >= 15 is 0 Å². The molecule has 0 aliphatic heterocycles. The summed E-state index contributed by atoms with van der Waals surface area (Å²) in [5, 5.41) is 3.42. The molecular weight excluding hydrogens is 222 g/mol. The first-order valence-electron chi connectivity index (χ1n) is 7.03. The number of aryl methyl sites for hydroxylation is 1. The van der Waals surface area contributed by atoms with E-state index in [1.54, 1.807) is 0 Å². The van der Waals surface area contributed by atoms with E-state index in [1.165, 1.54) is 11.1 Å². The predicted molar refractivity (Wildman–Crippen MR) is 78.0 cm³/mol. The Morgan fingerprint density at radius 3 is 2.61 bits per heavy atom. The lowest BCUT2D eigenvalue weighted by atomic mass is 10.1. The zero-order valence-corrected chi connectivity index (χ0v) is 12.0. The van der Waals surface area contributed by atoms with Crippen LogP contribution in [0.15, 0.2) is 24.3 Å². The van der Waals surface area contributed by atoms with Gasteiger partial charge in [-0.15, -0.1) is 0 Å². The molecule has 0 unspecified atom stereocenters. The zero-order chi connectivity index (χ0) is 13.2. The molecule has 2 nitrogen and oxygen atoms in total. The molecule has 0 aromatic heterocycles. The molecule has 0 aliphatic carbocycles. The van der Waals surface area contributed by atoms with Crippen molar-refractivity contribution in [3.05, 3.63) is 35.4 Å². The number of nitrogens with one attached hydrogen (secondary N) is 1. The Morgan fingerprint density at radius 1 is 1.11 bits per heavy atom. The van der Waals surface area contributed by atoms with Gasteiger partial charge in [0, 0.05) is 13.2 Å². The van der Waals surface area contributed by atoms with Gasteiger partial charge in [0.25, 0.3) is 0 Å². The van der Waals surface area contributed by atoms with Crippen molar-refractivity contribution in [2.75, 3.05) is 26.3 Å². The van der Waals surface area contributed by atoms with Gasteiger partial charge < -0.3 is 10.1 Å². The third kappa shape index (κ3) is 6.77. The summed E-state index contributed by atoms with van der Waals surface area (Å²) in [5.74, 6) is 0.735. The second kappa shape index (κ2) is 9.12. The second-order valence-corrected chi connectivity index (χ2v) is 5.22. The SMILES string of the molecule is Cc1ccccc1CCNCCOCCC(C)C. The number of hydrogen-bond acceptors (Lipinski definition) is 2. The van der Waals surface area contributed by atoms with E-state index < -0.39 is 0 Å². The highest BCUT2D eigenvalue weighted by molar-refractivity contribution is 5.25. The molecule has 0 spiro atoms. The van der Waals surface area contributed by atoms with Crippen molar-refractivity contribution in [2.24, 2.45) is 5.92 Å². The van der Waals surface area contributed by atoms with Gasteiger partial charge in [0.15, 0.2) is 0 Å². The summed E-state index contributed by atoms with van der Waals surface area (Å²) in [4.78, 5) is 0. The smallest absolute Gasteiger partial charge is 0.0590 e. The summed E-state index contributed by atoms with van der Waals surface area (Å²) in [5.41, 5.74) is 2.82. The van der Waals surface area contributed by atoms with Crippen LogP contribution in [-0.2, 0) is 11.2 Å². The van der Waals surface area contributed by atoms with E-state index in [0.29, 0.717) is 0 Å². The minimum atomic E-state index is 0.735. The van der Waals surface area contributed by atoms with Crippen molar-refractivity contribution in [3.8, 4) is 0 Å². The van der Waals surface area contributed by atoms with Crippen molar-refractivity contribution in [3.63, 3.8) is 0 Å². The van der Waals surface area contributed by atoms with Gasteiger partial charge in [-0.2, -0.15) is 0 Å². The Balaban J connectivity index is 1.98. The number of ether oxygens (including phenoxy) is 1. The molecule has 0 heterocycles. The summed E-state index contributed by atoms with van der Waals surface area (Å²) in [6.45, 7) is 10.3. The predicted octanol–water partition coefficient (Wildman–Crippen LogP) is 3.19. The van der Waals surface area contributed by atoms with Gasteiger partial charge in [0.2, 0.25) is 0 Å². The van der Waals surface area contributed by atoms with Gasteiger partial charge in [-0.05, 0) is 43.4 Å². The average Bonchev–Trinajstić information content (AvgIpc) is 2.34. The standard InChI is InChI=1S/C16H27NO/c1-14(2)9-12-18-13-11-17-10-8-16-7-5-4-6-15(16)3/h4-7,14,17H,8-13H2,1-3H3. The fourth-order valence-corrected chi connectivity index (χ4v) is 1.80. The van der Waals surface area contributed by atoms with Gasteiger partial charge in [-0.3, -0.25) is 0 Å². The van der Waals surface area contributed by atoms with Crippen LogP contribution in [0, 0.1) is 12.8 Å². The monoisotopic (exact) mass is 249 g/mol. The Bertz CT molecular complexity index is 323. The molecule has 1 N–H and O–H groups in total. The lowest BCUT2D eigenvalue weighted by Crippen LogP contribution is -2.22. The number of rotatable bonds is 9. The van der Waals surface area contributed by atoms with Gasteiger partial charge in [-0.1, -0.05) is 38.1 Å². The highest BCUT2D eigenvalue weighted by Gasteiger charge is 1.97. The van der Waals surface area contributed by atoms with Crippen LogP contribution in [0.3, 0.4) is 0 Å². The topological polar surface area (TPSA) is 21.3 Å². The van der Waals surface area contributed by atoms with E-state index in [4.69, 9.17) is 4.74 Å². The van der Waals surface area contributed by atoms with Gasteiger partial charge in [0.1, 0.15) is 0 Å². The highest BCUT2D eigenvalue weighted by atomic mass is 16.5. The molecule has 1 aromatic rings. The van der Waals surface area contributed by atoms with Crippen LogP contribution < -0.4 is 5.32 Å². The molecule has 1 rings (SSSR count). The second-order valence-electron chi connectivity index (χ2n) is 5.22. The molecule has 2 heteroatoms. The summed E-state index contributed by atoms with van der Waals surface area (Å²) in [6, 6.07) is 8.58. The maximum absolute atomic E-state index is 5.56. The van der Waals surface area contributed by atoms with Crippen molar-refractivity contribution < 1.29 is 4.74 Å². The summed E-state index contributed by atoms with van der Waals surface area (Å²) < 4.78 is 5.56. The molecular formula is C16H27NO. The van der Waals surface area contributed by atoms with Gasteiger partial charge in [-0.25, -0.2) is 0 Å². The van der Waals surface area contributed by atoms with Crippen molar-refractivity contribution in [2.45, 2.75) is 33.6 Å². The summed E-state index contributed by atoms with van der Waals surface area (Å²) in [6.07, 6.45) is 2.25. The van der Waals surface area contributed by atoms with Crippen LogP contribution in [0.1, 0.15) is 31.4 Å². The van der Waals surface area contributed by atoms with Gasteiger partial charge in [0.05, 0.1) is 6.61 Å². The molecule has 0 saturated heterocycles. The number of hydrogen-bond donors (Lipinski definition) is 1. The van der Waals surface area contributed by atoms with Crippen LogP contribution in [0.4, 0.5) is 0 Å². The quantitative estimate of drug-likeness (QED) is 0.679. The van der Waals surface area contributed by atoms with E-state index in [1.807, 2.05) is 0 Å². The minimum absolute atomic E-state index is 0.735. The maximum atomic E-state index is 5.56. The average molecular weight is 249 g/mol. The third-order valence-electron chi connectivity index (χ3n) is 3.10. The third-order valence-corrected chi connectivity index (χ3v) is 3.10. The molecule has 0 saturated carbocycles. The number of benzene rings is 1. The Morgan fingerprint density at radius 2 is 1.89 bits per heavy atom. The minimum Gasteiger partial charge on any atom is -0.380 e. The molecule has 0 aliphatic rings. The van der Waals surface area contributed by atoms with Crippen molar-refractivity contribution >= 4 is 0 Å². The molecule has 0 amide bonds. The summed E-state index contributed by atoms with van der Waals surface area (Å²) >= 11 is 0. The van der Waals surface area contributed by atoms with Crippen LogP contribution in [0.2, 0.25) is 0 Å². The largest absolute Gasteiger partial charge is 0.380 e. The van der Waals surface area contributed by atoms with Gasteiger partial charge >= 0.3 is 0 Å². The van der Waals surface area contributed by atoms with E-state index in [9.17, 15) is 0 Å². The van der Waals surface area contributed by atoms with Crippen molar-refractivity contribution in [1.82, 2.24) is 5.32 Å². The Hall–Kier alpha value is -0.860. The highest BCUT2D eigenvalue weighted by Crippen LogP contribution is 2.06. The normalized spacial score (nSPS) is 11.1. The van der Waals surface area contributed by atoms with E-state index in [0.717, 1.165) is 45.1 Å². The molecule has 0 fully saturated rings. The molecule has 18 heavy (non-hydrogen) atoms. The molecule has 102 valence electrons. The first-order valence-corrected chi connectivity index (χ1v) is 7.03. The fourth-order valence-electron chi connectivity index (χ4n) is 1.80. The molecule has 0 bridgehead atoms. The Kier molecular flexibility index (Phi) is 7.70. The Labute approximate surface area is 112 Å². The fraction of sp³-hybridized carbons (Fsp3) is 0.625. The van der Waals surface area contributed by atoms with E-state index in [2.05, 4.69) is 50.4 Å². The van der Waals surface area contributed by atoms with Crippen LogP contribution >= 0.6 is 0 Å². The zero-order valence-electron chi connectivity index (χ0n) is 12.0. The van der Waals surface area contributed by atoms with Crippen LogP contribution in [-0.4, -0.2) is 26.3 Å². The first-order chi connectivity index (χ1) is 8.70. The van der Waals surface area contributed by atoms with E-state index in [-0.39, 0.29) is 0 Å². The van der Waals surface area contributed by atoms with Crippen molar-refractivity contribution in [1.29, 1.82) is 0 Å². The molecule has 1 aromatic carbocycles. The molecule has 0 atom stereocenters.